The largest absolute Gasteiger partial charge is 0.461 e. The van der Waals surface area contributed by atoms with E-state index >= 15 is 0 Å². The fraction of sp³-hybridized carbons (Fsp3) is 0.125. The lowest BCUT2D eigenvalue weighted by Gasteiger charge is -2.06. The van der Waals surface area contributed by atoms with E-state index in [1.807, 2.05) is 37.3 Å². The molecule has 0 atom stereocenters. The van der Waals surface area contributed by atoms with Gasteiger partial charge in [-0.1, -0.05) is 40.2 Å². The highest BCUT2D eigenvalue weighted by atomic mass is 79.9. The predicted octanol–water partition coefficient (Wildman–Crippen LogP) is 5.12. The third kappa shape index (κ3) is 2.51. The standard InChI is InChI=1S/C16H14BrNO/c1-11-15(14-7-2-3-8-16(14)19-11)10-18-13-6-4-5-12(17)9-13/h2-9,18H,10H2,1H3. The van der Waals surface area contributed by atoms with Gasteiger partial charge in [0.25, 0.3) is 0 Å². The second-order valence-corrected chi connectivity index (χ2v) is 5.41. The van der Waals surface area contributed by atoms with Gasteiger partial charge >= 0.3 is 0 Å². The summed E-state index contributed by atoms with van der Waals surface area (Å²) in [5, 5.41) is 4.61. The zero-order chi connectivity index (χ0) is 13.2. The third-order valence-corrected chi connectivity index (χ3v) is 3.69. The van der Waals surface area contributed by atoms with E-state index in [9.17, 15) is 0 Å². The molecule has 0 unspecified atom stereocenters. The minimum absolute atomic E-state index is 0.763. The summed E-state index contributed by atoms with van der Waals surface area (Å²) in [6.07, 6.45) is 0. The van der Waals surface area contributed by atoms with Crippen LogP contribution in [-0.2, 0) is 6.54 Å². The maximum atomic E-state index is 5.76. The molecule has 0 bridgehead atoms. The first kappa shape index (κ1) is 12.3. The Balaban J connectivity index is 1.87. The van der Waals surface area contributed by atoms with Crippen LogP contribution in [0.3, 0.4) is 0 Å². The van der Waals surface area contributed by atoms with Crippen molar-refractivity contribution in [3.8, 4) is 0 Å². The fourth-order valence-electron chi connectivity index (χ4n) is 2.23. The Morgan fingerprint density at radius 2 is 1.95 bits per heavy atom. The monoisotopic (exact) mass is 315 g/mol. The molecule has 0 fully saturated rings. The van der Waals surface area contributed by atoms with Crippen molar-refractivity contribution >= 4 is 32.6 Å². The number of furan rings is 1. The van der Waals surface area contributed by atoms with Crippen molar-refractivity contribution in [1.82, 2.24) is 0 Å². The summed E-state index contributed by atoms with van der Waals surface area (Å²) in [5.41, 5.74) is 3.26. The van der Waals surface area contributed by atoms with E-state index in [-0.39, 0.29) is 0 Å². The van der Waals surface area contributed by atoms with Crippen LogP contribution < -0.4 is 5.32 Å². The summed E-state index contributed by atoms with van der Waals surface area (Å²) in [5.74, 6) is 0.976. The number of hydrogen-bond donors (Lipinski definition) is 1. The Labute approximate surface area is 120 Å². The molecular weight excluding hydrogens is 302 g/mol. The van der Waals surface area contributed by atoms with Crippen molar-refractivity contribution in [2.24, 2.45) is 0 Å². The lowest BCUT2D eigenvalue weighted by Crippen LogP contribution is -1.99. The van der Waals surface area contributed by atoms with Gasteiger partial charge in [0.1, 0.15) is 11.3 Å². The number of fused-ring (bicyclic) bond motifs is 1. The number of aryl methyl sites for hydroxylation is 1. The Hall–Kier alpha value is -1.74. The molecule has 19 heavy (non-hydrogen) atoms. The molecule has 1 heterocycles. The van der Waals surface area contributed by atoms with Gasteiger partial charge in [0.15, 0.2) is 0 Å². The highest BCUT2D eigenvalue weighted by Crippen LogP contribution is 2.26. The lowest BCUT2D eigenvalue weighted by atomic mass is 10.1. The molecule has 0 radical (unpaired) electrons. The first-order valence-electron chi connectivity index (χ1n) is 6.20. The van der Waals surface area contributed by atoms with Gasteiger partial charge in [-0.2, -0.15) is 0 Å². The summed E-state index contributed by atoms with van der Waals surface area (Å²) in [4.78, 5) is 0. The van der Waals surface area contributed by atoms with Gasteiger partial charge in [-0.25, -0.2) is 0 Å². The molecule has 2 nitrogen and oxygen atoms in total. The van der Waals surface area contributed by atoms with Crippen molar-refractivity contribution in [1.29, 1.82) is 0 Å². The molecule has 0 saturated carbocycles. The Morgan fingerprint density at radius 1 is 1.11 bits per heavy atom. The van der Waals surface area contributed by atoms with Gasteiger partial charge in [0, 0.05) is 27.7 Å². The number of benzene rings is 2. The molecule has 0 aliphatic carbocycles. The SMILES string of the molecule is Cc1oc2ccccc2c1CNc1cccc(Br)c1. The van der Waals surface area contributed by atoms with Crippen LogP contribution in [0.25, 0.3) is 11.0 Å². The molecule has 3 aromatic rings. The Kier molecular flexibility index (Phi) is 3.30. The van der Waals surface area contributed by atoms with Crippen molar-refractivity contribution in [3.05, 3.63) is 64.3 Å². The lowest BCUT2D eigenvalue weighted by molar-refractivity contribution is 0.573. The average Bonchev–Trinajstić information content (AvgIpc) is 2.72. The van der Waals surface area contributed by atoms with Gasteiger partial charge in [0.05, 0.1) is 0 Å². The van der Waals surface area contributed by atoms with E-state index < -0.39 is 0 Å². The number of para-hydroxylation sites is 1. The minimum atomic E-state index is 0.763. The van der Waals surface area contributed by atoms with Crippen molar-refractivity contribution in [2.45, 2.75) is 13.5 Å². The van der Waals surface area contributed by atoms with Crippen LogP contribution in [-0.4, -0.2) is 0 Å². The molecule has 2 aromatic carbocycles. The molecule has 1 N–H and O–H groups in total. The summed E-state index contributed by atoms with van der Waals surface area (Å²) in [7, 11) is 0. The molecule has 1 aromatic heterocycles. The highest BCUT2D eigenvalue weighted by molar-refractivity contribution is 9.10. The van der Waals surface area contributed by atoms with Gasteiger partial charge in [-0.05, 0) is 31.2 Å². The van der Waals surface area contributed by atoms with E-state index in [0.29, 0.717) is 0 Å². The molecule has 0 aliphatic heterocycles. The van der Waals surface area contributed by atoms with E-state index in [0.717, 1.165) is 28.0 Å². The molecule has 0 amide bonds. The predicted molar refractivity (Wildman–Crippen MR) is 82.4 cm³/mol. The van der Waals surface area contributed by atoms with Crippen molar-refractivity contribution < 1.29 is 4.42 Å². The van der Waals surface area contributed by atoms with Crippen LogP contribution in [0.1, 0.15) is 11.3 Å². The molecule has 3 heteroatoms. The maximum absolute atomic E-state index is 5.76. The van der Waals surface area contributed by atoms with Crippen LogP contribution >= 0.6 is 15.9 Å². The summed E-state index contributed by atoms with van der Waals surface area (Å²) < 4.78 is 6.84. The van der Waals surface area contributed by atoms with Crippen molar-refractivity contribution in [3.63, 3.8) is 0 Å². The number of halogens is 1. The van der Waals surface area contributed by atoms with Crippen LogP contribution in [0.2, 0.25) is 0 Å². The molecule has 0 saturated heterocycles. The van der Waals surface area contributed by atoms with E-state index in [4.69, 9.17) is 4.42 Å². The molecular formula is C16H14BrNO. The summed E-state index contributed by atoms with van der Waals surface area (Å²) in [6, 6.07) is 16.3. The van der Waals surface area contributed by atoms with Crippen LogP contribution in [0.4, 0.5) is 5.69 Å². The molecule has 0 aliphatic rings. The smallest absolute Gasteiger partial charge is 0.134 e. The average molecular weight is 316 g/mol. The Morgan fingerprint density at radius 3 is 2.79 bits per heavy atom. The molecule has 3 rings (SSSR count). The quantitative estimate of drug-likeness (QED) is 0.726. The number of rotatable bonds is 3. The van der Waals surface area contributed by atoms with E-state index in [1.54, 1.807) is 0 Å². The van der Waals surface area contributed by atoms with Gasteiger partial charge in [-0.3, -0.25) is 0 Å². The zero-order valence-electron chi connectivity index (χ0n) is 10.6. The fourth-order valence-corrected chi connectivity index (χ4v) is 2.63. The summed E-state index contributed by atoms with van der Waals surface area (Å²) >= 11 is 3.48. The Bertz CT molecular complexity index is 718. The van der Waals surface area contributed by atoms with Gasteiger partial charge < -0.3 is 9.73 Å². The third-order valence-electron chi connectivity index (χ3n) is 3.19. The second-order valence-electron chi connectivity index (χ2n) is 4.50. The second kappa shape index (κ2) is 5.10. The van der Waals surface area contributed by atoms with Crippen LogP contribution in [0, 0.1) is 6.92 Å². The molecule has 96 valence electrons. The van der Waals surface area contributed by atoms with E-state index in [2.05, 4.69) is 39.4 Å². The number of hydrogen-bond acceptors (Lipinski definition) is 2. The maximum Gasteiger partial charge on any atom is 0.134 e. The first-order chi connectivity index (χ1) is 9.24. The van der Waals surface area contributed by atoms with Crippen molar-refractivity contribution in [2.75, 3.05) is 5.32 Å². The van der Waals surface area contributed by atoms with Crippen LogP contribution in [0.5, 0.6) is 0 Å². The number of nitrogens with one attached hydrogen (secondary N) is 1. The molecule has 0 spiro atoms. The van der Waals surface area contributed by atoms with E-state index in [1.165, 1.54) is 10.9 Å². The summed E-state index contributed by atoms with van der Waals surface area (Å²) in [6.45, 7) is 2.78. The zero-order valence-corrected chi connectivity index (χ0v) is 12.2. The van der Waals surface area contributed by atoms with Gasteiger partial charge in [0.2, 0.25) is 0 Å². The number of anilines is 1. The first-order valence-corrected chi connectivity index (χ1v) is 7.00. The normalized spacial score (nSPS) is 10.8. The minimum Gasteiger partial charge on any atom is -0.461 e. The van der Waals surface area contributed by atoms with Crippen LogP contribution in [0.15, 0.2) is 57.4 Å². The topological polar surface area (TPSA) is 25.2 Å². The highest BCUT2D eigenvalue weighted by Gasteiger charge is 2.09. The van der Waals surface area contributed by atoms with Gasteiger partial charge in [-0.15, -0.1) is 0 Å².